The van der Waals surface area contributed by atoms with Gasteiger partial charge in [0.15, 0.2) is 0 Å². The Labute approximate surface area is 121 Å². The highest BCUT2D eigenvalue weighted by Gasteiger charge is 2.16. The molecule has 0 radical (unpaired) electrons. The second-order valence-corrected chi connectivity index (χ2v) is 6.09. The Kier molecular flexibility index (Phi) is 3.64. The van der Waals surface area contributed by atoms with Crippen LogP contribution >= 0.6 is 0 Å². The highest BCUT2D eigenvalue weighted by molar-refractivity contribution is 5.86. The summed E-state index contributed by atoms with van der Waals surface area (Å²) in [6.45, 7) is 7.54. The summed E-state index contributed by atoms with van der Waals surface area (Å²) in [5.74, 6) is 1.57. The summed E-state index contributed by atoms with van der Waals surface area (Å²) in [5, 5.41) is 4.75. The predicted molar refractivity (Wildman–Crippen MR) is 86.6 cm³/mol. The van der Waals surface area contributed by atoms with Crippen LogP contribution in [0.15, 0.2) is 18.2 Å². The lowest BCUT2D eigenvalue weighted by molar-refractivity contribution is 0.689. The van der Waals surface area contributed by atoms with E-state index in [1.165, 1.54) is 53.3 Å². The number of nitrogens with one attached hydrogen (secondary N) is 1. The maximum atomic E-state index is 4.99. The van der Waals surface area contributed by atoms with Crippen LogP contribution in [0.4, 0.5) is 5.82 Å². The van der Waals surface area contributed by atoms with E-state index < -0.39 is 0 Å². The first kappa shape index (κ1) is 13.4. The summed E-state index contributed by atoms with van der Waals surface area (Å²) < 4.78 is 0. The number of aromatic nitrogens is 1. The fraction of sp³-hybridized carbons (Fsp3) is 0.500. The fourth-order valence-corrected chi connectivity index (χ4v) is 3.24. The number of fused-ring (bicyclic) bond motifs is 3. The molecule has 0 spiro atoms. The molecule has 0 aliphatic heterocycles. The van der Waals surface area contributed by atoms with Crippen molar-refractivity contribution >= 4 is 16.7 Å². The number of hydrogen-bond acceptors (Lipinski definition) is 2. The van der Waals surface area contributed by atoms with Crippen LogP contribution in [-0.4, -0.2) is 11.5 Å². The highest BCUT2D eigenvalue weighted by Crippen LogP contribution is 2.32. The molecule has 2 heteroatoms. The summed E-state index contributed by atoms with van der Waals surface area (Å²) in [4.78, 5) is 4.99. The Morgan fingerprint density at radius 1 is 1.20 bits per heavy atom. The van der Waals surface area contributed by atoms with E-state index >= 15 is 0 Å². The number of nitrogens with zero attached hydrogens (tertiary/aromatic N) is 1. The molecule has 0 saturated heterocycles. The minimum atomic E-state index is 0.497. The van der Waals surface area contributed by atoms with E-state index in [1.807, 2.05) is 0 Å². The molecular weight excluding hydrogens is 244 g/mol. The molecule has 2 nitrogen and oxygen atoms in total. The molecule has 1 N–H and O–H groups in total. The standard InChI is InChI=1S/C18H24N2/c1-4-19-18-16(12(2)3)11-14-10-9-13-7-5-6-8-15(13)17(14)20-18/h9-12H,4-8H2,1-3H3,(H,19,20). The average Bonchev–Trinajstić information content (AvgIpc) is 2.46. The number of hydrogen-bond donors (Lipinski definition) is 1. The van der Waals surface area contributed by atoms with Gasteiger partial charge in [0.1, 0.15) is 5.82 Å². The van der Waals surface area contributed by atoms with Crippen LogP contribution in [-0.2, 0) is 12.8 Å². The van der Waals surface area contributed by atoms with Gasteiger partial charge in [0.25, 0.3) is 0 Å². The topological polar surface area (TPSA) is 24.9 Å². The molecule has 0 atom stereocenters. The van der Waals surface area contributed by atoms with Crippen LogP contribution in [0.3, 0.4) is 0 Å². The molecule has 0 fully saturated rings. The van der Waals surface area contributed by atoms with Crippen molar-refractivity contribution in [2.24, 2.45) is 0 Å². The SMILES string of the molecule is CCNc1nc2c3c(ccc2cc1C(C)C)CCCC3. The van der Waals surface area contributed by atoms with E-state index in [9.17, 15) is 0 Å². The molecule has 3 rings (SSSR count). The van der Waals surface area contributed by atoms with Crippen LogP contribution in [0.5, 0.6) is 0 Å². The van der Waals surface area contributed by atoms with E-state index in [1.54, 1.807) is 0 Å². The van der Waals surface area contributed by atoms with Gasteiger partial charge in [0, 0.05) is 11.9 Å². The molecule has 1 aliphatic rings. The van der Waals surface area contributed by atoms with Crippen LogP contribution in [0.2, 0.25) is 0 Å². The average molecular weight is 268 g/mol. The number of benzene rings is 1. The van der Waals surface area contributed by atoms with Gasteiger partial charge in [0.05, 0.1) is 5.52 Å². The first-order valence-electron chi connectivity index (χ1n) is 7.90. The predicted octanol–water partition coefficient (Wildman–Crippen LogP) is 4.67. The second-order valence-electron chi connectivity index (χ2n) is 6.09. The summed E-state index contributed by atoms with van der Waals surface area (Å²) in [6.07, 6.45) is 5.03. The van der Waals surface area contributed by atoms with Gasteiger partial charge in [-0.15, -0.1) is 0 Å². The Morgan fingerprint density at radius 2 is 2.00 bits per heavy atom. The third kappa shape index (κ3) is 2.28. The zero-order chi connectivity index (χ0) is 14.1. The zero-order valence-electron chi connectivity index (χ0n) is 12.8. The molecule has 106 valence electrons. The minimum Gasteiger partial charge on any atom is -0.370 e. The van der Waals surface area contributed by atoms with Crippen LogP contribution < -0.4 is 5.32 Å². The highest BCUT2D eigenvalue weighted by atomic mass is 15.0. The maximum Gasteiger partial charge on any atom is 0.130 e. The van der Waals surface area contributed by atoms with Gasteiger partial charge in [-0.2, -0.15) is 0 Å². The van der Waals surface area contributed by atoms with E-state index in [0.717, 1.165) is 12.4 Å². The molecule has 0 amide bonds. The van der Waals surface area contributed by atoms with Gasteiger partial charge < -0.3 is 5.32 Å². The zero-order valence-corrected chi connectivity index (χ0v) is 12.8. The van der Waals surface area contributed by atoms with Crippen molar-refractivity contribution in [1.82, 2.24) is 4.98 Å². The molecular formula is C18H24N2. The first-order valence-corrected chi connectivity index (χ1v) is 7.90. The summed E-state index contributed by atoms with van der Waals surface area (Å²) in [7, 11) is 0. The molecule has 0 bridgehead atoms. The van der Waals surface area contributed by atoms with Gasteiger partial charge >= 0.3 is 0 Å². The lowest BCUT2D eigenvalue weighted by Crippen LogP contribution is -2.08. The van der Waals surface area contributed by atoms with Gasteiger partial charge in [-0.05, 0) is 61.3 Å². The van der Waals surface area contributed by atoms with E-state index in [-0.39, 0.29) is 0 Å². The number of pyridine rings is 1. The molecule has 0 unspecified atom stereocenters. The minimum absolute atomic E-state index is 0.497. The third-order valence-corrected chi connectivity index (χ3v) is 4.31. The summed E-state index contributed by atoms with van der Waals surface area (Å²) in [6, 6.07) is 6.91. The Balaban J connectivity index is 2.22. The van der Waals surface area contributed by atoms with Gasteiger partial charge in [-0.3, -0.25) is 0 Å². The van der Waals surface area contributed by atoms with E-state index in [4.69, 9.17) is 4.98 Å². The first-order chi connectivity index (χ1) is 9.70. The normalized spacial score (nSPS) is 14.6. The molecule has 2 aromatic rings. The molecule has 1 aromatic heterocycles. The van der Waals surface area contributed by atoms with Crippen molar-refractivity contribution in [3.63, 3.8) is 0 Å². The third-order valence-electron chi connectivity index (χ3n) is 4.31. The lowest BCUT2D eigenvalue weighted by Gasteiger charge is -2.20. The van der Waals surface area contributed by atoms with Crippen molar-refractivity contribution in [1.29, 1.82) is 0 Å². The van der Waals surface area contributed by atoms with Crippen LogP contribution in [0.1, 0.15) is 56.2 Å². The molecule has 1 heterocycles. The van der Waals surface area contributed by atoms with E-state index in [0.29, 0.717) is 5.92 Å². The quantitative estimate of drug-likeness (QED) is 0.875. The van der Waals surface area contributed by atoms with Gasteiger partial charge in [0.2, 0.25) is 0 Å². The summed E-state index contributed by atoms with van der Waals surface area (Å²) in [5.41, 5.74) is 5.55. The smallest absolute Gasteiger partial charge is 0.130 e. The van der Waals surface area contributed by atoms with Crippen molar-refractivity contribution in [3.05, 3.63) is 34.9 Å². The lowest BCUT2D eigenvalue weighted by atomic mass is 9.89. The molecule has 1 aliphatic carbocycles. The Hall–Kier alpha value is -1.57. The molecule has 20 heavy (non-hydrogen) atoms. The van der Waals surface area contributed by atoms with Gasteiger partial charge in [-0.25, -0.2) is 4.98 Å². The largest absolute Gasteiger partial charge is 0.370 e. The summed E-state index contributed by atoms with van der Waals surface area (Å²) >= 11 is 0. The van der Waals surface area contributed by atoms with Crippen LogP contribution in [0.25, 0.3) is 10.9 Å². The Morgan fingerprint density at radius 3 is 2.75 bits per heavy atom. The monoisotopic (exact) mass is 268 g/mol. The van der Waals surface area contributed by atoms with Crippen molar-refractivity contribution in [3.8, 4) is 0 Å². The Bertz CT molecular complexity index is 629. The molecule has 0 saturated carbocycles. The maximum absolute atomic E-state index is 4.99. The van der Waals surface area contributed by atoms with E-state index in [2.05, 4.69) is 44.3 Å². The van der Waals surface area contributed by atoms with Crippen molar-refractivity contribution in [2.75, 3.05) is 11.9 Å². The van der Waals surface area contributed by atoms with Crippen molar-refractivity contribution < 1.29 is 0 Å². The fourth-order valence-electron chi connectivity index (χ4n) is 3.24. The number of anilines is 1. The van der Waals surface area contributed by atoms with Gasteiger partial charge in [-0.1, -0.05) is 26.0 Å². The number of aryl methyl sites for hydroxylation is 2. The second kappa shape index (κ2) is 5.43. The number of rotatable bonds is 3. The van der Waals surface area contributed by atoms with Crippen molar-refractivity contribution in [2.45, 2.75) is 52.4 Å². The molecule has 1 aromatic carbocycles. The van der Waals surface area contributed by atoms with Crippen LogP contribution in [0, 0.1) is 0 Å².